The number of aryl methyl sites for hydroxylation is 1. The predicted molar refractivity (Wildman–Crippen MR) is 144 cm³/mol. The lowest BCUT2D eigenvalue weighted by Crippen LogP contribution is -2.27. The first-order valence-corrected chi connectivity index (χ1v) is 12.5. The third-order valence-electron chi connectivity index (χ3n) is 5.43. The Morgan fingerprint density at radius 3 is 2.67 bits per heavy atom. The van der Waals surface area contributed by atoms with E-state index in [9.17, 15) is 9.59 Å². The summed E-state index contributed by atoms with van der Waals surface area (Å²) >= 11 is 6.63. The number of thiocarbonyl (C=S) groups is 1. The molecule has 11 heteroatoms. The van der Waals surface area contributed by atoms with Crippen LogP contribution in [0.25, 0.3) is 11.7 Å². The first-order chi connectivity index (χ1) is 17.4. The van der Waals surface area contributed by atoms with Crippen LogP contribution in [0.1, 0.15) is 16.7 Å². The summed E-state index contributed by atoms with van der Waals surface area (Å²) in [6, 6.07) is 11.1. The molecule has 1 aliphatic heterocycles. The van der Waals surface area contributed by atoms with E-state index < -0.39 is 0 Å². The number of nitrogens with one attached hydrogen (secondary N) is 1. The SMILES string of the molecule is COc1ccc(CN2C(=O)C(=Cc3c(NCCOCCO)nc4ccc(C)cn4c3=O)SC2=S)cc1. The number of thioether (sulfide) groups is 1. The number of aromatic nitrogens is 2. The van der Waals surface area contributed by atoms with Gasteiger partial charge in [-0.15, -0.1) is 0 Å². The van der Waals surface area contributed by atoms with Gasteiger partial charge in [0.1, 0.15) is 21.5 Å². The number of hydrogen-bond donors (Lipinski definition) is 2. The Balaban J connectivity index is 1.65. The molecule has 1 fully saturated rings. The number of pyridine rings is 1. The maximum absolute atomic E-state index is 13.4. The number of carbonyl (C=O) groups excluding carboxylic acids is 1. The lowest BCUT2D eigenvalue weighted by molar-refractivity contribution is -0.122. The fourth-order valence-corrected chi connectivity index (χ4v) is 4.85. The number of aliphatic hydroxyl groups excluding tert-OH is 1. The van der Waals surface area contributed by atoms with E-state index in [-0.39, 0.29) is 30.2 Å². The summed E-state index contributed by atoms with van der Waals surface area (Å²) in [5.74, 6) is 0.800. The highest BCUT2D eigenvalue weighted by Gasteiger charge is 2.32. The number of benzene rings is 1. The van der Waals surface area contributed by atoms with Crippen LogP contribution in [-0.2, 0) is 16.1 Å². The maximum Gasteiger partial charge on any atom is 0.267 e. The Bertz CT molecular complexity index is 1370. The minimum Gasteiger partial charge on any atom is -0.497 e. The van der Waals surface area contributed by atoms with Gasteiger partial charge in [-0.1, -0.05) is 42.2 Å². The molecule has 3 aromatic rings. The number of carbonyl (C=O) groups is 1. The van der Waals surface area contributed by atoms with Gasteiger partial charge in [-0.25, -0.2) is 4.98 Å². The zero-order chi connectivity index (χ0) is 25.7. The molecule has 2 aromatic heterocycles. The van der Waals surface area contributed by atoms with E-state index in [4.69, 9.17) is 26.8 Å². The molecular weight excluding hydrogens is 500 g/mol. The summed E-state index contributed by atoms with van der Waals surface area (Å²) in [6.45, 7) is 3.04. The number of nitrogens with zero attached hydrogens (tertiary/aromatic N) is 3. The number of ether oxygens (including phenoxy) is 2. The first-order valence-electron chi connectivity index (χ1n) is 11.2. The number of rotatable bonds is 10. The van der Waals surface area contributed by atoms with E-state index in [1.54, 1.807) is 25.4 Å². The normalized spacial score (nSPS) is 14.8. The summed E-state index contributed by atoms with van der Waals surface area (Å²) in [4.78, 5) is 33.2. The molecule has 188 valence electrons. The van der Waals surface area contributed by atoms with Crippen molar-refractivity contribution in [3.63, 3.8) is 0 Å². The zero-order valence-corrected chi connectivity index (χ0v) is 21.5. The highest BCUT2D eigenvalue weighted by atomic mass is 32.2. The summed E-state index contributed by atoms with van der Waals surface area (Å²) < 4.78 is 12.4. The molecule has 2 N–H and O–H groups in total. The van der Waals surface area contributed by atoms with Gasteiger partial charge in [0, 0.05) is 12.7 Å². The second-order valence-corrected chi connectivity index (χ2v) is 9.67. The minimum absolute atomic E-state index is 0.0709. The molecule has 1 amide bonds. The van der Waals surface area contributed by atoms with Crippen LogP contribution in [0.4, 0.5) is 5.82 Å². The minimum atomic E-state index is -0.303. The van der Waals surface area contributed by atoms with Crippen LogP contribution in [0, 0.1) is 6.92 Å². The van der Waals surface area contributed by atoms with Crippen LogP contribution in [0.15, 0.2) is 52.3 Å². The second-order valence-electron chi connectivity index (χ2n) is 7.99. The molecule has 1 saturated heterocycles. The lowest BCUT2D eigenvalue weighted by Gasteiger charge is -2.15. The van der Waals surface area contributed by atoms with E-state index in [0.717, 1.165) is 28.6 Å². The molecule has 0 spiro atoms. The predicted octanol–water partition coefficient (Wildman–Crippen LogP) is 2.83. The van der Waals surface area contributed by atoms with Gasteiger partial charge in [0.25, 0.3) is 11.5 Å². The Morgan fingerprint density at radius 1 is 1.17 bits per heavy atom. The highest BCUT2D eigenvalue weighted by molar-refractivity contribution is 8.26. The number of anilines is 1. The number of methoxy groups -OCH3 is 1. The number of fused-ring (bicyclic) bond motifs is 1. The molecule has 9 nitrogen and oxygen atoms in total. The second kappa shape index (κ2) is 11.7. The lowest BCUT2D eigenvalue weighted by atomic mass is 10.2. The van der Waals surface area contributed by atoms with Crippen molar-refractivity contribution in [3.05, 3.63) is 74.5 Å². The molecule has 0 bridgehead atoms. The van der Waals surface area contributed by atoms with Crippen molar-refractivity contribution in [1.29, 1.82) is 0 Å². The van der Waals surface area contributed by atoms with Gasteiger partial charge in [-0.2, -0.15) is 0 Å². The van der Waals surface area contributed by atoms with Crippen molar-refractivity contribution >= 4 is 51.7 Å². The number of hydrogen-bond acceptors (Lipinski definition) is 9. The van der Waals surface area contributed by atoms with Crippen molar-refractivity contribution in [2.75, 3.05) is 38.8 Å². The zero-order valence-electron chi connectivity index (χ0n) is 19.9. The Hall–Kier alpha value is -3.25. The topological polar surface area (TPSA) is 105 Å². The molecule has 0 aliphatic carbocycles. The van der Waals surface area contributed by atoms with E-state index in [1.807, 2.05) is 37.3 Å². The smallest absolute Gasteiger partial charge is 0.267 e. The maximum atomic E-state index is 13.4. The van der Waals surface area contributed by atoms with Crippen LogP contribution < -0.4 is 15.6 Å². The number of amides is 1. The van der Waals surface area contributed by atoms with Crippen LogP contribution in [0.2, 0.25) is 0 Å². The molecule has 36 heavy (non-hydrogen) atoms. The largest absolute Gasteiger partial charge is 0.497 e. The van der Waals surface area contributed by atoms with Gasteiger partial charge in [0.05, 0.1) is 43.9 Å². The van der Waals surface area contributed by atoms with E-state index in [1.165, 1.54) is 9.30 Å². The summed E-state index contributed by atoms with van der Waals surface area (Å²) in [5, 5.41) is 12.0. The fraction of sp³-hybridized carbons (Fsp3) is 0.280. The third kappa shape index (κ3) is 5.76. The average molecular weight is 527 g/mol. The molecule has 3 heterocycles. The highest BCUT2D eigenvalue weighted by Crippen LogP contribution is 2.34. The molecule has 0 unspecified atom stereocenters. The number of aliphatic hydroxyl groups is 1. The van der Waals surface area contributed by atoms with Crippen molar-refractivity contribution in [1.82, 2.24) is 14.3 Å². The summed E-state index contributed by atoms with van der Waals surface area (Å²) in [7, 11) is 1.60. The summed E-state index contributed by atoms with van der Waals surface area (Å²) in [6.07, 6.45) is 3.26. The van der Waals surface area contributed by atoms with Gasteiger partial charge >= 0.3 is 0 Å². The van der Waals surface area contributed by atoms with Crippen LogP contribution in [-0.4, -0.2) is 63.1 Å². The Labute approximate surface area is 217 Å². The third-order valence-corrected chi connectivity index (χ3v) is 6.81. The van der Waals surface area contributed by atoms with Gasteiger partial charge in [-0.05, 0) is 42.3 Å². The molecule has 0 saturated carbocycles. The van der Waals surface area contributed by atoms with Crippen molar-refractivity contribution < 1.29 is 19.4 Å². The molecule has 0 atom stereocenters. The fourth-order valence-electron chi connectivity index (χ4n) is 3.61. The van der Waals surface area contributed by atoms with Crippen LogP contribution in [0.5, 0.6) is 5.75 Å². The Kier molecular flexibility index (Phi) is 8.36. The van der Waals surface area contributed by atoms with E-state index in [0.29, 0.717) is 40.4 Å². The van der Waals surface area contributed by atoms with Gasteiger partial charge in [0.2, 0.25) is 0 Å². The van der Waals surface area contributed by atoms with E-state index in [2.05, 4.69) is 10.3 Å². The van der Waals surface area contributed by atoms with Crippen molar-refractivity contribution in [2.24, 2.45) is 0 Å². The van der Waals surface area contributed by atoms with Crippen molar-refractivity contribution in [2.45, 2.75) is 13.5 Å². The Morgan fingerprint density at radius 2 is 1.94 bits per heavy atom. The van der Waals surface area contributed by atoms with E-state index >= 15 is 0 Å². The van der Waals surface area contributed by atoms with Gasteiger partial charge in [0.15, 0.2) is 0 Å². The first kappa shape index (κ1) is 25.8. The standard InChI is InChI=1S/C25H26N4O5S2/c1-16-3-8-21-27-22(26-9-11-34-12-10-30)19(23(31)28(21)14-16)13-20-24(32)29(25(35)36-20)15-17-4-6-18(33-2)7-5-17/h3-8,13-14,26,30H,9-12,15H2,1-2H3. The van der Waals surface area contributed by atoms with Crippen LogP contribution in [0.3, 0.4) is 0 Å². The van der Waals surface area contributed by atoms with Crippen molar-refractivity contribution in [3.8, 4) is 5.75 Å². The summed E-state index contributed by atoms with van der Waals surface area (Å²) in [5.41, 5.74) is 2.24. The van der Waals surface area contributed by atoms with Gasteiger partial charge in [-0.3, -0.25) is 18.9 Å². The monoisotopic (exact) mass is 526 g/mol. The molecular formula is C25H26N4O5S2. The van der Waals surface area contributed by atoms with Gasteiger partial charge < -0.3 is 19.9 Å². The molecule has 1 aliphatic rings. The molecule has 0 radical (unpaired) electrons. The molecule has 4 rings (SSSR count). The quantitative estimate of drug-likeness (QED) is 0.234. The van der Waals surface area contributed by atoms with Crippen LogP contribution >= 0.6 is 24.0 Å². The molecule has 1 aromatic carbocycles. The average Bonchev–Trinajstić information content (AvgIpc) is 3.14.